The molecule has 3 atom stereocenters. The second kappa shape index (κ2) is 7.98. The molecular weight excluding hydrogens is 431 g/mol. The first-order valence-electron chi connectivity index (χ1n) is 8.06. The van der Waals surface area contributed by atoms with Crippen LogP contribution in [0.15, 0.2) is 23.9 Å². The minimum absolute atomic E-state index is 0. The van der Waals surface area contributed by atoms with Crippen LogP contribution >= 0.6 is 0 Å². The Kier molecular flexibility index (Phi) is 6.33. The monoisotopic (exact) mass is 446 g/mol. The fourth-order valence-electron chi connectivity index (χ4n) is 3.44. The van der Waals surface area contributed by atoms with Crippen LogP contribution in [-0.4, -0.2) is 70.0 Å². The van der Waals surface area contributed by atoms with E-state index in [1.807, 2.05) is 0 Å². The first-order chi connectivity index (χ1) is 13.4. The summed E-state index contributed by atoms with van der Waals surface area (Å²) in [7, 11) is -4.35. The Morgan fingerprint density at radius 1 is 1.50 bits per heavy atom. The predicted octanol–water partition coefficient (Wildman–Crippen LogP) is -4.94. The van der Waals surface area contributed by atoms with Crippen molar-refractivity contribution in [1.82, 2.24) is 9.88 Å². The number of hydrogen-bond donors (Lipinski definition) is 3. The van der Waals surface area contributed by atoms with Crippen molar-refractivity contribution in [3.05, 3.63) is 35.2 Å². The van der Waals surface area contributed by atoms with Gasteiger partial charge in [0, 0.05) is 6.20 Å². The summed E-state index contributed by atoms with van der Waals surface area (Å²) in [5.74, 6) is -3.43. The number of nitrogens with two attached hydrogens (primary N) is 1. The number of β-lactam (4-membered cyclic amide) rings is 1. The molecule has 0 unspecified atom stereocenters. The fourth-order valence-corrected chi connectivity index (χ4v) is 5.71. The smallest absolute Gasteiger partial charge is 0.859 e. The zero-order chi connectivity index (χ0) is 21.7. The van der Waals surface area contributed by atoms with Crippen molar-refractivity contribution in [3.8, 4) is 0 Å². The number of hydrogen-bond acceptors (Lipinski definition) is 9. The number of carbonyl (C=O) groups is 3. The van der Waals surface area contributed by atoms with Crippen molar-refractivity contribution < 1.29 is 67.3 Å². The first-order valence-corrected chi connectivity index (χ1v) is 9.61. The van der Waals surface area contributed by atoms with Crippen molar-refractivity contribution in [1.29, 1.82) is 5.41 Å². The van der Waals surface area contributed by atoms with Crippen LogP contribution in [0.25, 0.3) is 6.08 Å². The molecule has 0 bridgehead atoms. The van der Waals surface area contributed by atoms with Crippen LogP contribution in [0.3, 0.4) is 0 Å². The largest absolute Gasteiger partial charge is 1.00 e. The summed E-state index contributed by atoms with van der Waals surface area (Å²) in [6.45, 7) is 0.210. The number of aliphatic carboxylic acids is 1. The van der Waals surface area contributed by atoms with Crippen LogP contribution in [-0.2, 0) is 24.2 Å². The van der Waals surface area contributed by atoms with Gasteiger partial charge < -0.3 is 31.0 Å². The zero-order valence-electron chi connectivity index (χ0n) is 15.9. The van der Waals surface area contributed by atoms with Crippen LogP contribution in [0, 0.1) is 5.41 Å². The number of amides is 2. The van der Waals surface area contributed by atoms with E-state index in [1.165, 1.54) is 18.3 Å². The van der Waals surface area contributed by atoms with Gasteiger partial charge in [-0.05, 0) is 36.6 Å². The zero-order valence-corrected chi connectivity index (χ0v) is 18.7. The Hall–Kier alpha value is -2.48. The first kappa shape index (κ1) is 23.8. The van der Waals surface area contributed by atoms with Crippen LogP contribution in [0.2, 0.25) is 0 Å². The molecular formula is C16H15N4NaO8S. The molecule has 0 aliphatic carbocycles. The maximum atomic E-state index is 13.1. The predicted molar refractivity (Wildman–Crippen MR) is 94.0 cm³/mol. The van der Waals surface area contributed by atoms with Crippen molar-refractivity contribution >= 4 is 39.8 Å². The number of carboxylic acid groups (broad SMARTS) is 1. The summed E-state index contributed by atoms with van der Waals surface area (Å²) < 4.78 is 28.6. The van der Waals surface area contributed by atoms with Gasteiger partial charge in [0.1, 0.15) is 11.4 Å². The number of carboxylic acids is 1. The Labute approximate surface area is 192 Å². The molecule has 1 aromatic heterocycles. The standard InChI is InChI=1S/C16H16N4O8S.Na/c1-16(6-28-15(18)25)10(14(23)24)20-12(22)9(13(20)29(16,26)27)5-8-4-7(11(17)21)2-3-19-8;/h2-5,10,13H,6H2,1H3,(H2,17,21)(H2,18,25)(H,23,24);/q;+1/p-1/b9-5+;/t10-,13+,16-;/m0./s1. The van der Waals surface area contributed by atoms with E-state index < -0.39 is 56.5 Å². The molecule has 2 fully saturated rings. The van der Waals surface area contributed by atoms with E-state index >= 15 is 0 Å². The van der Waals surface area contributed by atoms with Gasteiger partial charge >= 0.3 is 41.6 Å². The number of nitrogens with zero attached hydrogens (tertiary/aromatic N) is 2. The maximum Gasteiger partial charge on any atom is 1.00 e. The molecule has 12 nitrogen and oxygen atoms in total. The quantitative estimate of drug-likeness (QED) is 0.130. The second-order valence-electron chi connectivity index (χ2n) is 6.67. The normalized spacial score (nSPS) is 27.6. The summed E-state index contributed by atoms with van der Waals surface area (Å²) in [6, 6.07) is 0.678. The number of pyridine rings is 1. The van der Waals surface area contributed by atoms with Gasteiger partial charge in [0.05, 0.1) is 11.3 Å². The Morgan fingerprint density at radius 2 is 2.13 bits per heavy atom. The van der Waals surface area contributed by atoms with Gasteiger partial charge in [-0.3, -0.25) is 9.78 Å². The summed E-state index contributed by atoms with van der Waals surface area (Å²) in [6.07, 6.45) is 1.04. The molecule has 0 spiro atoms. The van der Waals surface area contributed by atoms with Crippen molar-refractivity contribution in [2.24, 2.45) is 5.73 Å². The molecule has 1 aromatic rings. The fraction of sp³-hybridized carbons (Fsp3) is 0.312. The van der Waals surface area contributed by atoms with Gasteiger partial charge in [-0.15, -0.1) is 0 Å². The average molecular weight is 446 g/mol. The molecule has 2 aliphatic rings. The number of ether oxygens (including phenoxy) is 1. The third-order valence-corrected chi connectivity index (χ3v) is 7.59. The number of aromatic nitrogens is 1. The maximum absolute atomic E-state index is 13.1. The average Bonchev–Trinajstić information content (AvgIpc) is 2.80. The van der Waals surface area contributed by atoms with Crippen LogP contribution < -0.4 is 40.4 Å². The van der Waals surface area contributed by atoms with Crippen molar-refractivity contribution in [2.75, 3.05) is 6.61 Å². The Bertz CT molecular complexity index is 1090. The van der Waals surface area contributed by atoms with E-state index in [0.29, 0.717) is 4.90 Å². The van der Waals surface area contributed by atoms with E-state index in [-0.39, 0.29) is 46.4 Å². The Balaban J connectivity index is 0.00000320. The molecule has 30 heavy (non-hydrogen) atoms. The van der Waals surface area contributed by atoms with E-state index in [0.717, 1.165) is 13.0 Å². The van der Waals surface area contributed by atoms with Gasteiger partial charge in [-0.25, -0.2) is 18.0 Å². The molecule has 0 saturated carbocycles. The van der Waals surface area contributed by atoms with Gasteiger partial charge in [-0.1, -0.05) is 0 Å². The molecule has 3 heterocycles. The summed E-state index contributed by atoms with van der Waals surface area (Å²) >= 11 is 0. The van der Waals surface area contributed by atoms with Crippen LogP contribution in [0.4, 0.5) is 4.79 Å². The minimum Gasteiger partial charge on any atom is -0.859 e. The topological polar surface area (TPSA) is 204 Å². The van der Waals surface area contributed by atoms with Gasteiger partial charge in [0.25, 0.3) is 5.91 Å². The van der Waals surface area contributed by atoms with E-state index in [9.17, 15) is 33.0 Å². The Morgan fingerprint density at radius 3 is 2.67 bits per heavy atom. The molecule has 4 N–H and O–H groups in total. The molecule has 0 aromatic carbocycles. The van der Waals surface area contributed by atoms with Gasteiger partial charge in [-0.2, -0.15) is 0 Å². The number of rotatable bonds is 5. The number of fused-ring (bicyclic) bond motifs is 1. The van der Waals surface area contributed by atoms with Crippen LogP contribution in [0.1, 0.15) is 18.2 Å². The van der Waals surface area contributed by atoms with Crippen LogP contribution in [0.5, 0.6) is 0 Å². The second-order valence-corrected chi connectivity index (χ2v) is 9.14. The molecule has 2 amide bonds. The number of carbonyl (C=O) groups excluding carboxylic acids is 2. The molecule has 14 heteroatoms. The molecule has 2 saturated heterocycles. The number of nitrogens with one attached hydrogen (secondary N) is 1. The number of primary amides is 1. The number of sulfone groups is 1. The molecule has 3 rings (SSSR count). The minimum atomic E-state index is -4.35. The van der Waals surface area contributed by atoms with E-state index in [2.05, 4.69) is 9.72 Å². The summed E-state index contributed by atoms with van der Waals surface area (Å²) in [5, 5.41) is 26.2. The molecule has 2 aliphatic heterocycles. The summed E-state index contributed by atoms with van der Waals surface area (Å²) in [4.78, 5) is 39.8. The van der Waals surface area contributed by atoms with Crippen molar-refractivity contribution in [2.45, 2.75) is 23.1 Å². The van der Waals surface area contributed by atoms with Gasteiger partial charge in [0.2, 0.25) is 0 Å². The third-order valence-electron chi connectivity index (χ3n) is 4.88. The molecule has 0 radical (unpaired) electrons. The summed E-state index contributed by atoms with van der Waals surface area (Å²) in [5.41, 5.74) is 4.66. The molecule has 154 valence electrons. The van der Waals surface area contributed by atoms with E-state index in [1.54, 1.807) is 0 Å². The van der Waals surface area contributed by atoms with Gasteiger partial charge in [0.15, 0.2) is 21.3 Å². The van der Waals surface area contributed by atoms with Crippen molar-refractivity contribution in [3.63, 3.8) is 0 Å². The van der Waals surface area contributed by atoms with E-state index in [4.69, 9.17) is 11.1 Å². The third kappa shape index (κ3) is 3.47. The SMILES string of the molecule is C[C@]1(COC(N)=O)[C@H](C(=O)O)N2C(=O)/C(=C\c3cc(C(=N)[O-])ccn3)[C@H]2S1(=O)=O.[Na+].